The molecule has 1 aromatic carbocycles. The van der Waals surface area contributed by atoms with Crippen molar-refractivity contribution in [1.29, 1.82) is 0 Å². The van der Waals surface area contributed by atoms with Crippen LogP contribution in [0, 0.1) is 5.41 Å². The standard InChI is InChI=1S/C18H29BrN2/c1-17(2,3)20-12-14-7-8-15(19)11-16(14)21-10-6-9-18(4,5)13-21/h7-8,11,20H,6,9-10,12-13H2,1-5H3. The van der Waals surface area contributed by atoms with Crippen molar-refractivity contribution in [2.24, 2.45) is 5.41 Å². The lowest BCUT2D eigenvalue weighted by atomic mass is 9.84. The number of hydrogen-bond donors (Lipinski definition) is 1. The quantitative estimate of drug-likeness (QED) is 0.826. The minimum absolute atomic E-state index is 0.144. The average Bonchev–Trinajstić information content (AvgIpc) is 2.35. The Morgan fingerprint density at radius 1 is 1.29 bits per heavy atom. The normalized spacial score (nSPS) is 18.9. The Bertz CT molecular complexity index is 488. The molecule has 0 aromatic heterocycles. The van der Waals surface area contributed by atoms with E-state index in [0.717, 1.165) is 13.1 Å². The molecule has 2 nitrogen and oxygen atoms in total. The van der Waals surface area contributed by atoms with Gasteiger partial charge >= 0.3 is 0 Å². The Balaban J connectivity index is 2.22. The fourth-order valence-electron chi connectivity index (χ4n) is 2.97. The topological polar surface area (TPSA) is 15.3 Å². The second-order valence-electron chi connectivity index (χ2n) is 8.07. The first-order valence-electron chi connectivity index (χ1n) is 7.95. The number of anilines is 1. The van der Waals surface area contributed by atoms with Gasteiger partial charge in [-0.3, -0.25) is 0 Å². The Hall–Kier alpha value is -0.540. The Labute approximate surface area is 138 Å². The summed E-state index contributed by atoms with van der Waals surface area (Å²) in [5.41, 5.74) is 3.33. The van der Waals surface area contributed by atoms with Crippen LogP contribution in [0.3, 0.4) is 0 Å². The van der Waals surface area contributed by atoms with E-state index >= 15 is 0 Å². The van der Waals surface area contributed by atoms with Gasteiger partial charge in [0, 0.05) is 35.3 Å². The van der Waals surface area contributed by atoms with Gasteiger partial charge in [0.1, 0.15) is 0 Å². The first-order chi connectivity index (χ1) is 9.66. The molecule has 1 aromatic rings. The smallest absolute Gasteiger partial charge is 0.0423 e. The van der Waals surface area contributed by atoms with Crippen LogP contribution in [-0.4, -0.2) is 18.6 Å². The van der Waals surface area contributed by atoms with E-state index in [2.05, 4.69) is 79.0 Å². The van der Waals surface area contributed by atoms with Crippen LogP contribution in [0.15, 0.2) is 22.7 Å². The maximum atomic E-state index is 3.63. The number of nitrogens with one attached hydrogen (secondary N) is 1. The number of benzene rings is 1. The van der Waals surface area contributed by atoms with Crippen LogP contribution in [0.2, 0.25) is 0 Å². The molecular weight excluding hydrogens is 324 g/mol. The molecule has 3 heteroatoms. The second kappa shape index (κ2) is 6.29. The number of halogens is 1. The van der Waals surface area contributed by atoms with Crippen LogP contribution in [0.25, 0.3) is 0 Å². The molecule has 0 spiro atoms. The molecule has 1 aliphatic rings. The van der Waals surface area contributed by atoms with Gasteiger partial charge in [0.15, 0.2) is 0 Å². The van der Waals surface area contributed by atoms with Crippen LogP contribution in [0.1, 0.15) is 53.0 Å². The fraction of sp³-hybridized carbons (Fsp3) is 0.667. The van der Waals surface area contributed by atoms with Crippen molar-refractivity contribution in [1.82, 2.24) is 5.32 Å². The van der Waals surface area contributed by atoms with Crippen LogP contribution >= 0.6 is 15.9 Å². The van der Waals surface area contributed by atoms with Crippen molar-refractivity contribution in [3.8, 4) is 0 Å². The summed E-state index contributed by atoms with van der Waals surface area (Å²) in [6.07, 6.45) is 2.61. The van der Waals surface area contributed by atoms with Crippen molar-refractivity contribution in [3.05, 3.63) is 28.2 Å². The van der Waals surface area contributed by atoms with E-state index in [9.17, 15) is 0 Å². The first-order valence-corrected chi connectivity index (χ1v) is 8.74. The zero-order valence-electron chi connectivity index (χ0n) is 14.1. The Morgan fingerprint density at radius 3 is 2.62 bits per heavy atom. The molecule has 2 rings (SSSR count). The van der Waals surface area contributed by atoms with E-state index in [1.54, 1.807) is 0 Å². The predicted octanol–water partition coefficient (Wildman–Crippen LogP) is 4.96. The molecule has 1 N–H and O–H groups in total. The molecule has 1 fully saturated rings. The van der Waals surface area contributed by atoms with Gasteiger partial charge in [0.05, 0.1) is 0 Å². The molecule has 0 saturated carbocycles. The summed E-state index contributed by atoms with van der Waals surface area (Å²) in [4.78, 5) is 2.56. The van der Waals surface area contributed by atoms with Gasteiger partial charge in [0.25, 0.3) is 0 Å². The zero-order chi connectivity index (χ0) is 15.7. The number of hydrogen-bond acceptors (Lipinski definition) is 2. The van der Waals surface area contributed by atoms with Gasteiger partial charge in [0.2, 0.25) is 0 Å². The van der Waals surface area contributed by atoms with Crippen LogP contribution < -0.4 is 10.2 Å². The highest BCUT2D eigenvalue weighted by Crippen LogP contribution is 2.34. The highest BCUT2D eigenvalue weighted by molar-refractivity contribution is 9.10. The molecule has 0 atom stereocenters. The molecule has 0 unspecified atom stereocenters. The molecular formula is C18H29BrN2. The largest absolute Gasteiger partial charge is 0.371 e. The number of piperidine rings is 1. The third-order valence-corrected chi connectivity index (χ3v) is 4.59. The van der Waals surface area contributed by atoms with E-state index in [1.807, 2.05) is 0 Å². The van der Waals surface area contributed by atoms with E-state index in [4.69, 9.17) is 0 Å². The summed E-state index contributed by atoms with van der Waals surface area (Å²) >= 11 is 3.63. The minimum Gasteiger partial charge on any atom is -0.371 e. The molecule has 1 heterocycles. The molecule has 0 radical (unpaired) electrons. The van der Waals surface area contributed by atoms with Crippen molar-refractivity contribution >= 4 is 21.6 Å². The van der Waals surface area contributed by atoms with Gasteiger partial charge in [-0.25, -0.2) is 0 Å². The summed E-state index contributed by atoms with van der Waals surface area (Å²) < 4.78 is 1.17. The van der Waals surface area contributed by atoms with E-state index < -0.39 is 0 Å². The summed E-state index contributed by atoms with van der Waals surface area (Å²) in [7, 11) is 0. The highest BCUT2D eigenvalue weighted by Gasteiger charge is 2.27. The molecule has 21 heavy (non-hydrogen) atoms. The maximum Gasteiger partial charge on any atom is 0.0423 e. The Kier molecular flexibility index (Phi) is 5.04. The molecule has 1 aliphatic heterocycles. The molecule has 0 bridgehead atoms. The summed E-state index contributed by atoms with van der Waals surface area (Å²) in [5.74, 6) is 0. The SMILES string of the molecule is CC1(C)CCCN(c2cc(Br)ccc2CNC(C)(C)C)C1. The summed E-state index contributed by atoms with van der Waals surface area (Å²) in [6.45, 7) is 14.6. The van der Waals surface area contributed by atoms with Crippen LogP contribution in [0.5, 0.6) is 0 Å². The van der Waals surface area contributed by atoms with Crippen molar-refractivity contribution in [2.75, 3.05) is 18.0 Å². The summed E-state index contributed by atoms with van der Waals surface area (Å²) in [5, 5.41) is 3.62. The molecule has 118 valence electrons. The maximum absolute atomic E-state index is 3.63. The predicted molar refractivity (Wildman–Crippen MR) is 96.0 cm³/mol. The second-order valence-corrected chi connectivity index (χ2v) is 8.98. The van der Waals surface area contributed by atoms with Gasteiger partial charge in [-0.1, -0.05) is 35.8 Å². The van der Waals surface area contributed by atoms with Crippen molar-refractivity contribution in [2.45, 2.75) is 59.5 Å². The lowest BCUT2D eigenvalue weighted by Gasteiger charge is -2.40. The van der Waals surface area contributed by atoms with Gasteiger partial charge in [-0.05, 0) is 56.7 Å². The van der Waals surface area contributed by atoms with Gasteiger partial charge < -0.3 is 10.2 Å². The number of rotatable bonds is 3. The van der Waals surface area contributed by atoms with Crippen LogP contribution in [-0.2, 0) is 6.54 Å². The Morgan fingerprint density at radius 2 is 2.00 bits per heavy atom. The molecule has 0 amide bonds. The third kappa shape index (κ3) is 5.00. The van der Waals surface area contributed by atoms with Crippen molar-refractivity contribution < 1.29 is 0 Å². The van der Waals surface area contributed by atoms with E-state index in [0.29, 0.717) is 5.41 Å². The zero-order valence-corrected chi connectivity index (χ0v) is 15.7. The number of nitrogens with zero attached hydrogens (tertiary/aromatic N) is 1. The lowest BCUT2D eigenvalue weighted by Crippen LogP contribution is -2.41. The highest BCUT2D eigenvalue weighted by atomic mass is 79.9. The first kappa shape index (κ1) is 16.8. The average molecular weight is 353 g/mol. The van der Waals surface area contributed by atoms with Crippen LogP contribution in [0.4, 0.5) is 5.69 Å². The van der Waals surface area contributed by atoms with E-state index in [-0.39, 0.29) is 5.54 Å². The van der Waals surface area contributed by atoms with Gasteiger partial charge in [-0.15, -0.1) is 0 Å². The molecule has 0 aliphatic carbocycles. The van der Waals surface area contributed by atoms with Gasteiger partial charge in [-0.2, -0.15) is 0 Å². The summed E-state index contributed by atoms with van der Waals surface area (Å²) in [6, 6.07) is 6.68. The fourth-order valence-corrected chi connectivity index (χ4v) is 3.32. The van der Waals surface area contributed by atoms with E-state index in [1.165, 1.54) is 35.1 Å². The lowest BCUT2D eigenvalue weighted by molar-refractivity contribution is 0.292. The molecule has 1 saturated heterocycles. The van der Waals surface area contributed by atoms with Crippen molar-refractivity contribution in [3.63, 3.8) is 0 Å². The minimum atomic E-state index is 0.144. The monoisotopic (exact) mass is 352 g/mol. The third-order valence-electron chi connectivity index (χ3n) is 4.10.